The van der Waals surface area contributed by atoms with Gasteiger partial charge in [-0.3, -0.25) is 0 Å². The number of rotatable bonds is 13. The van der Waals surface area contributed by atoms with Crippen LogP contribution >= 0.6 is 0 Å². The van der Waals surface area contributed by atoms with Crippen LogP contribution in [0.15, 0.2) is 133 Å². The van der Waals surface area contributed by atoms with E-state index in [1.807, 2.05) is 72.8 Å². The Labute approximate surface area is 225 Å². The molecule has 4 nitrogen and oxygen atoms in total. The average molecular weight is 507 g/mol. The molecule has 4 aromatic rings. The molecule has 4 heteroatoms. The van der Waals surface area contributed by atoms with Gasteiger partial charge in [-0.2, -0.15) is 0 Å². The van der Waals surface area contributed by atoms with Crippen LogP contribution in [-0.4, -0.2) is 24.9 Å². The van der Waals surface area contributed by atoms with E-state index in [0.717, 1.165) is 27.8 Å². The molecule has 0 radical (unpaired) electrons. The summed E-state index contributed by atoms with van der Waals surface area (Å²) in [6.07, 6.45) is 1.31. The van der Waals surface area contributed by atoms with Gasteiger partial charge < -0.3 is 18.9 Å². The van der Waals surface area contributed by atoms with Gasteiger partial charge in [0, 0.05) is 0 Å². The summed E-state index contributed by atoms with van der Waals surface area (Å²) in [5, 5.41) is 0. The largest absolute Gasteiger partial charge is 0.372 e. The first-order chi connectivity index (χ1) is 18.8. The second-order valence-electron chi connectivity index (χ2n) is 9.46. The number of hydrogen-bond donors (Lipinski definition) is 0. The highest BCUT2D eigenvalue weighted by molar-refractivity contribution is 5.26. The highest BCUT2D eigenvalue weighted by atomic mass is 16.6. The van der Waals surface area contributed by atoms with Crippen LogP contribution in [0.2, 0.25) is 0 Å². The molecule has 0 saturated heterocycles. The molecule has 1 aliphatic rings. The smallest absolute Gasteiger partial charge is 0.118 e. The van der Waals surface area contributed by atoms with Crippen molar-refractivity contribution in [3.63, 3.8) is 0 Å². The lowest BCUT2D eigenvalue weighted by Crippen LogP contribution is -2.38. The van der Waals surface area contributed by atoms with E-state index >= 15 is 0 Å². The second-order valence-corrected chi connectivity index (χ2v) is 9.46. The van der Waals surface area contributed by atoms with Gasteiger partial charge in [-0.25, -0.2) is 0 Å². The van der Waals surface area contributed by atoms with E-state index < -0.39 is 0 Å². The maximum absolute atomic E-state index is 6.53. The maximum atomic E-state index is 6.53. The molecule has 0 spiro atoms. The van der Waals surface area contributed by atoms with Crippen LogP contribution in [0.5, 0.6) is 0 Å². The molecule has 0 N–H and O–H groups in total. The predicted molar refractivity (Wildman–Crippen MR) is 149 cm³/mol. The van der Waals surface area contributed by atoms with Crippen LogP contribution in [0.25, 0.3) is 0 Å². The van der Waals surface area contributed by atoms with Crippen molar-refractivity contribution in [3.8, 4) is 0 Å². The van der Waals surface area contributed by atoms with E-state index in [1.165, 1.54) is 0 Å². The molecule has 0 aromatic heterocycles. The molecule has 1 aliphatic carbocycles. The van der Waals surface area contributed by atoms with Crippen LogP contribution < -0.4 is 0 Å². The minimum absolute atomic E-state index is 0.255. The first-order valence-electron chi connectivity index (χ1n) is 13.1. The molecule has 0 amide bonds. The van der Waals surface area contributed by atoms with E-state index in [1.54, 1.807) is 0 Å². The summed E-state index contributed by atoms with van der Waals surface area (Å²) in [5.41, 5.74) is 5.55. The third-order valence-electron chi connectivity index (χ3n) is 6.59. The van der Waals surface area contributed by atoms with Crippen molar-refractivity contribution in [1.82, 2.24) is 0 Å². The molecular weight excluding hydrogens is 472 g/mol. The molecule has 0 saturated carbocycles. The van der Waals surface area contributed by atoms with Crippen LogP contribution in [0.4, 0.5) is 0 Å². The van der Waals surface area contributed by atoms with Gasteiger partial charge in [0.15, 0.2) is 0 Å². The van der Waals surface area contributed by atoms with Gasteiger partial charge in [-0.05, 0) is 33.9 Å². The fourth-order valence-corrected chi connectivity index (χ4v) is 4.60. The van der Waals surface area contributed by atoms with Crippen molar-refractivity contribution in [3.05, 3.63) is 155 Å². The van der Waals surface area contributed by atoms with Crippen LogP contribution in [-0.2, 0) is 45.4 Å². The zero-order valence-corrected chi connectivity index (χ0v) is 21.5. The van der Waals surface area contributed by atoms with Gasteiger partial charge in [-0.1, -0.05) is 121 Å². The normalized spacial score (nSPS) is 18.8. The molecule has 0 aliphatic heterocycles. The van der Waals surface area contributed by atoms with Crippen molar-refractivity contribution < 1.29 is 18.9 Å². The summed E-state index contributed by atoms with van der Waals surface area (Å²) in [7, 11) is 0. The van der Waals surface area contributed by atoms with Gasteiger partial charge in [-0.15, -0.1) is 0 Å². The lowest BCUT2D eigenvalue weighted by molar-refractivity contribution is -0.117. The zero-order chi connectivity index (χ0) is 25.8. The standard InChI is InChI=1S/C34H34O4/c1-5-13-27(14-6-1)22-35-26-31-21-32(36-23-28-15-7-2-8-16-28)34(38-25-30-19-11-4-12-20-30)33(31)37-24-29-17-9-3-10-18-29/h1-21,32-34H,22-26H2/t32-,33-,34+/m0/s1. The highest BCUT2D eigenvalue weighted by Gasteiger charge is 2.40. The Bertz CT molecular complexity index is 1240. The summed E-state index contributed by atoms with van der Waals surface area (Å²) < 4.78 is 25.6. The molecular formula is C34H34O4. The number of benzene rings is 4. The SMILES string of the molecule is C1=C(COCc2ccccc2)[C@H](OCc2ccccc2)[C@H](OCc2ccccc2)[C@H]1OCc1ccccc1. The molecule has 38 heavy (non-hydrogen) atoms. The Morgan fingerprint density at radius 1 is 0.421 bits per heavy atom. The Kier molecular flexibility index (Phi) is 9.50. The summed E-state index contributed by atoms with van der Waals surface area (Å²) in [5.74, 6) is 0. The van der Waals surface area contributed by atoms with Gasteiger partial charge in [0.2, 0.25) is 0 Å². The van der Waals surface area contributed by atoms with Crippen LogP contribution in [0.3, 0.4) is 0 Å². The third-order valence-corrected chi connectivity index (χ3v) is 6.59. The van der Waals surface area contributed by atoms with E-state index in [2.05, 4.69) is 54.6 Å². The van der Waals surface area contributed by atoms with E-state index in [9.17, 15) is 0 Å². The van der Waals surface area contributed by atoms with Crippen molar-refractivity contribution in [2.24, 2.45) is 0 Å². The van der Waals surface area contributed by atoms with Gasteiger partial charge in [0.25, 0.3) is 0 Å². The highest BCUT2D eigenvalue weighted by Crippen LogP contribution is 2.31. The molecule has 4 aromatic carbocycles. The van der Waals surface area contributed by atoms with Gasteiger partial charge >= 0.3 is 0 Å². The lowest BCUT2D eigenvalue weighted by Gasteiger charge is -2.27. The summed E-state index contributed by atoms with van der Waals surface area (Å²) in [4.78, 5) is 0. The fourth-order valence-electron chi connectivity index (χ4n) is 4.60. The van der Waals surface area contributed by atoms with Crippen molar-refractivity contribution in [1.29, 1.82) is 0 Å². The molecule has 194 valence electrons. The molecule has 0 bridgehead atoms. The van der Waals surface area contributed by atoms with Crippen LogP contribution in [0.1, 0.15) is 22.3 Å². The number of hydrogen-bond acceptors (Lipinski definition) is 4. The summed E-state index contributed by atoms with van der Waals surface area (Å²) in [6, 6.07) is 40.9. The van der Waals surface area contributed by atoms with Crippen LogP contribution in [0, 0.1) is 0 Å². The minimum atomic E-state index is -0.294. The Morgan fingerprint density at radius 2 is 0.842 bits per heavy atom. The molecule has 3 atom stereocenters. The van der Waals surface area contributed by atoms with Gasteiger partial charge in [0.1, 0.15) is 18.3 Å². The maximum Gasteiger partial charge on any atom is 0.118 e. The van der Waals surface area contributed by atoms with E-state index in [-0.39, 0.29) is 18.3 Å². The van der Waals surface area contributed by atoms with Crippen molar-refractivity contribution >= 4 is 0 Å². The van der Waals surface area contributed by atoms with E-state index in [0.29, 0.717) is 33.0 Å². The molecule has 0 fully saturated rings. The zero-order valence-electron chi connectivity index (χ0n) is 21.5. The molecule has 0 heterocycles. The Balaban J connectivity index is 1.33. The van der Waals surface area contributed by atoms with Gasteiger partial charge in [0.05, 0.1) is 33.0 Å². The van der Waals surface area contributed by atoms with Crippen molar-refractivity contribution in [2.75, 3.05) is 6.61 Å². The summed E-state index contributed by atoms with van der Waals surface area (Å²) >= 11 is 0. The predicted octanol–water partition coefficient (Wildman–Crippen LogP) is 6.90. The first kappa shape index (κ1) is 26.1. The third kappa shape index (κ3) is 7.50. The summed E-state index contributed by atoms with van der Waals surface area (Å²) in [6.45, 7) is 2.45. The lowest BCUT2D eigenvalue weighted by atomic mass is 10.1. The second kappa shape index (κ2) is 13.8. The number of ether oxygens (including phenoxy) is 4. The Morgan fingerprint density at radius 3 is 1.34 bits per heavy atom. The fraction of sp³-hybridized carbons (Fsp3) is 0.235. The monoisotopic (exact) mass is 506 g/mol. The average Bonchev–Trinajstić information content (AvgIpc) is 3.32. The van der Waals surface area contributed by atoms with Crippen molar-refractivity contribution in [2.45, 2.75) is 44.7 Å². The Hall–Kier alpha value is -3.54. The molecule has 5 rings (SSSR count). The van der Waals surface area contributed by atoms with E-state index in [4.69, 9.17) is 18.9 Å². The molecule has 0 unspecified atom stereocenters. The quantitative estimate of drug-likeness (QED) is 0.185. The first-order valence-corrected chi connectivity index (χ1v) is 13.1. The topological polar surface area (TPSA) is 36.9 Å². The minimum Gasteiger partial charge on any atom is -0.372 e.